The zero-order valence-electron chi connectivity index (χ0n) is 8.96. The van der Waals surface area contributed by atoms with Crippen LogP contribution in [0.5, 0.6) is 0 Å². The summed E-state index contributed by atoms with van der Waals surface area (Å²) < 4.78 is 5.43. The molecule has 1 atom stereocenters. The van der Waals surface area contributed by atoms with Gasteiger partial charge in [-0.05, 0) is 44.0 Å². The lowest BCUT2D eigenvalue weighted by Crippen LogP contribution is -2.48. The third-order valence-corrected chi connectivity index (χ3v) is 3.77. The van der Waals surface area contributed by atoms with Crippen LogP contribution in [0.3, 0.4) is 0 Å². The van der Waals surface area contributed by atoms with E-state index in [1.54, 1.807) is 0 Å². The van der Waals surface area contributed by atoms with Gasteiger partial charge in [-0.25, -0.2) is 0 Å². The van der Waals surface area contributed by atoms with E-state index in [0.717, 1.165) is 19.1 Å². The Hall–Kier alpha value is -0.800. The largest absolute Gasteiger partial charge is 0.379 e. The third-order valence-electron chi connectivity index (χ3n) is 3.77. The second-order valence-electron chi connectivity index (χ2n) is 4.92. The van der Waals surface area contributed by atoms with E-state index in [1.165, 1.54) is 31.6 Å². The number of nitrogens with one attached hydrogen (secondary N) is 2. The molecule has 15 heavy (non-hydrogen) atoms. The van der Waals surface area contributed by atoms with Crippen molar-refractivity contribution in [2.45, 2.75) is 18.3 Å². The van der Waals surface area contributed by atoms with Crippen LogP contribution >= 0.6 is 0 Å². The zero-order valence-corrected chi connectivity index (χ0v) is 8.96. The Morgan fingerprint density at radius 2 is 2.40 bits per heavy atom. The molecule has 3 heteroatoms. The van der Waals surface area contributed by atoms with Crippen molar-refractivity contribution < 1.29 is 4.74 Å². The van der Waals surface area contributed by atoms with Crippen molar-refractivity contribution in [2.75, 3.05) is 26.3 Å². The maximum Gasteiger partial charge on any atom is 0.0600 e. The van der Waals surface area contributed by atoms with Gasteiger partial charge in [0.05, 0.1) is 18.6 Å². The van der Waals surface area contributed by atoms with Crippen molar-refractivity contribution >= 4 is 0 Å². The molecular weight excluding hydrogens is 188 g/mol. The standard InChI is InChI=1S/C12H18N2O/c1-2-11(14-4-1)12(8-15-9-12)6-10-3-5-13-7-10/h1-2,4,10,13-14H,3,5-9H2. The Kier molecular flexibility index (Phi) is 2.29. The normalized spacial score (nSPS) is 28.9. The quantitative estimate of drug-likeness (QED) is 0.781. The average molecular weight is 206 g/mol. The Bertz CT molecular complexity index is 310. The summed E-state index contributed by atoms with van der Waals surface area (Å²) in [4.78, 5) is 3.35. The Balaban J connectivity index is 1.75. The van der Waals surface area contributed by atoms with E-state index in [2.05, 4.69) is 22.4 Å². The fourth-order valence-electron chi connectivity index (χ4n) is 2.83. The first-order valence-electron chi connectivity index (χ1n) is 5.81. The predicted octanol–water partition coefficient (Wildman–Crippen LogP) is 1.28. The van der Waals surface area contributed by atoms with Gasteiger partial charge in [0.25, 0.3) is 0 Å². The maximum atomic E-state index is 5.43. The first-order chi connectivity index (χ1) is 7.39. The molecule has 2 fully saturated rings. The van der Waals surface area contributed by atoms with E-state index in [1.807, 2.05) is 6.20 Å². The third kappa shape index (κ3) is 1.60. The second kappa shape index (κ2) is 3.65. The summed E-state index contributed by atoms with van der Waals surface area (Å²) in [6.45, 7) is 4.16. The molecule has 1 unspecified atom stereocenters. The molecule has 1 aromatic rings. The molecule has 2 aliphatic heterocycles. The van der Waals surface area contributed by atoms with Crippen molar-refractivity contribution in [1.82, 2.24) is 10.3 Å². The Morgan fingerprint density at radius 1 is 1.47 bits per heavy atom. The highest BCUT2D eigenvalue weighted by Gasteiger charge is 2.43. The molecular formula is C12H18N2O. The Labute approximate surface area is 90.2 Å². The Morgan fingerprint density at radius 3 is 2.93 bits per heavy atom. The summed E-state index contributed by atoms with van der Waals surface area (Å²) >= 11 is 0. The lowest BCUT2D eigenvalue weighted by atomic mass is 9.75. The lowest BCUT2D eigenvalue weighted by molar-refractivity contribution is -0.0724. The molecule has 0 radical (unpaired) electrons. The van der Waals surface area contributed by atoms with Crippen LogP contribution in [-0.4, -0.2) is 31.3 Å². The molecule has 3 heterocycles. The summed E-state index contributed by atoms with van der Waals surface area (Å²) in [7, 11) is 0. The fourth-order valence-corrected chi connectivity index (χ4v) is 2.83. The lowest BCUT2D eigenvalue weighted by Gasteiger charge is -2.42. The molecule has 82 valence electrons. The first kappa shape index (κ1) is 9.43. The molecule has 0 spiro atoms. The van der Waals surface area contributed by atoms with Gasteiger partial charge in [0.2, 0.25) is 0 Å². The minimum Gasteiger partial charge on any atom is -0.379 e. The molecule has 0 amide bonds. The molecule has 0 aromatic carbocycles. The van der Waals surface area contributed by atoms with Crippen LogP contribution in [0.2, 0.25) is 0 Å². The minimum absolute atomic E-state index is 0.292. The topological polar surface area (TPSA) is 37.0 Å². The zero-order chi connectivity index (χ0) is 10.1. The van der Waals surface area contributed by atoms with Crippen LogP contribution in [0.15, 0.2) is 18.3 Å². The number of hydrogen-bond acceptors (Lipinski definition) is 2. The number of H-pyrrole nitrogens is 1. The number of hydrogen-bond donors (Lipinski definition) is 2. The fraction of sp³-hybridized carbons (Fsp3) is 0.667. The molecule has 0 saturated carbocycles. The van der Waals surface area contributed by atoms with Gasteiger partial charge in [0, 0.05) is 11.9 Å². The molecule has 0 aliphatic carbocycles. The first-order valence-corrected chi connectivity index (χ1v) is 5.81. The SMILES string of the molecule is c1c[nH]c(C2(CC3CCNC3)COC2)c1. The van der Waals surface area contributed by atoms with Crippen molar-refractivity contribution in [3.8, 4) is 0 Å². The summed E-state index contributed by atoms with van der Waals surface area (Å²) in [5.74, 6) is 0.831. The molecule has 0 bridgehead atoms. The van der Waals surface area contributed by atoms with Crippen LogP contribution in [0.25, 0.3) is 0 Å². The maximum absolute atomic E-state index is 5.43. The summed E-state index contributed by atoms with van der Waals surface area (Å²) in [6, 6.07) is 4.28. The summed E-state index contributed by atoms with van der Waals surface area (Å²) in [5.41, 5.74) is 1.65. The van der Waals surface area contributed by atoms with E-state index in [-0.39, 0.29) is 0 Å². The van der Waals surface area contributed by atoms with Gasteiger partial charge >= 0.3 is 0 Å². The van der Waals surface area contributed by atoms with Gasteiger partial charge in [0.1, 0.15) is 0 Å². The highest BCUT2D eigenvalue weighted by Crippen LogP contribution is 2.38. The number of rotatable bonds is 3. The van der Waals surface area contributed by atoms with E-state index in [0.29, 0.717) is 5.41 Å². The van der Waals surface area contributed by atoms with Crippen LogP contribution in [0.4, 0.5) is 0 Å². The van der Waals surface area contributed by atoms with Crippen LogP contribution in [0.1, 0.15) is 18.5 Å². The van der Waals surface area contributed by atoms with E-state index in [4.69, 9.17) is 4.74 Å². The molecule has 1 aromatic heterocycles. The van der Waals surface area contributed by atoms with Crippen molar-refractivity contribution in [3.05, 3.63) is 24.0 Å². The molecule has 2 N–H and O–H groups in total. The second-order valence-corrected chi connectivity index (χ2v) is 4.92. The highest BCUT2D eigenvalue weighted by molar-refractivity contribution is 5.21. The van der Waals surface area contributed by atoms with E-state index in [9.17, 15) is 0 Å². The summed E-state index contributed by atoms with van der Waals surface area (Å²) in [5, 5.41) is 3.44. The van der Waals surface area contributed by atoms with Crippen molar-refractivity contribution in [3.63, 3.8) is 0 Å². The van der Waals surface area contributed by atoms with Gasteiger partial charge in [-0.2, -0.15) is 0 Å². The van der Waals surface area contributed by atoms with Crippen LogP contribution < -0.4 is 5.32 Å². The molecule has 3 rings (SSSR count). The molecule has 2 aliphatic rings. The molecule has 3 nitrogen and oxygen atoms in total. The van der Waals surface area contributed by atoms with Gasteiger partial charge in [-0.15, -0.1) is 0 Å². The van der Waals surface area contributed by atoms with E-state index < -0.39 is 0 Å². The van der Waals surface area contributed by atoms with Gasteiger partial charge in [0.15, 0.2) is 0 Å². The van der Waals surface area contributed by atoms with Gasteiger partial charge < -0.3 is 15.0 Å². The smallest absolute Gasteiger partial charge is 0.0600 e. The molecule has 2 saturated heterocycles. The van der Waals surface area contributed by atoms with Gasteiger partial charge in [-0.3, -0.25) is 0 Å². The number of aromatic amines is 1. The minimum atomic E-state index is 0.292. The van der Waals surface area contributed by atoms with E-state index >= 15 is 0 Å². The number of ether oxygens (including phenoxy) is 1. The van der Waals surface area contributed by atoms with Crippen LogP contribution in [0, 0.1) is 5.92 Å². The number of aromatic nitrogens is 1. The monoisotopic (exact) mass is 206 g/mol. The highest BCUT2D eigenvalue weighted by atomic mass is 16.5. The average Bonchev–Trinajstić information content (AvgIpc) is 2.84. The van der Waals surface area contributed by atoms with Crippen molar-refractivity contribution in [2.24, 2.45) is 5.92 Å². The van der Waals surface area contributed by atoms with Gasteiger partial charge in [-0.1, -0.05) is 0 Å². The van der Waals surface area contributed by atoms with Crippen molar-refractivity contribution in [1.29, 1.82) is 0 Å². The predicted molar refractivity (Wildman–Crippen MR) is 58.9 cm³/mol. The van der Waals surface area contributed by atoms with Crippen LogP contribution in [-0.2, 0) is 10.2 Å². The summed E-state index contributed by atoms with van der Waals surface area (Å²) in [6.07, 6.45) is 4.60.